The summed E-state index contributed by atoms with van der Waals surface area (Å²) in [6.45, 7) is 2.05. The van der Waals surface area contributed by atoms with Crippen molar-refractivity contribution in [2.75, 3.05) is 0 Å². The van der Waals surface area contributed by atoms with Gasteiger partial charge in [-0.15, -0.1) is 0 Å². The normalized spacial score (nSPS) is 10.9. The van der Waals surface area contributed by atoms with Crippen molar-refractivity contribution in [3.63, 3.8) is 0 Å². The van der Waals surface area contributed by atoms with Gasteiger partial charge in [-0.2, -0.15) is 5.10 Å². The Labute approximate surface area is 116 Å². The van der Waals surface area contributed by atoms with Gasteiger partial charge >= 0.3 is 0 Å². The lowest BCUT2D eigenvalue weighted by Gasteiger charge is -2.05. The lowest BCUT2D eigenvalue weighted by atomic mass is 10.2. The molecule has 0 amide bonds. The minimum absolute atomic E-state index is 0.256. The van der Waals surface area contributed by atoms with Crippen molar-refractivity contribution in [2.24, 2.45) is 7.05 Å². The second-order valence-electron chi connectivity index (χ2n) is 4.79. The third kappa shape index (κ3) is 2.25. The molecule has 3 aromatic rings. The Morgan fingerprint density at radius 1 is 1.20 bits per heavy atom. The second kappa shape index (κ2) is 4.96. The van der Waals surface area contributed by atoms with Crippen LogP contribution in [0.15, 0.2) is 42.5 Å². The Morgan fingerprint density at radius 2 is 2.00 bits per heavy atom. The van der Waals surface area contributed by atoms with Gasteiger partial charge in [-0.05, 0) is 24.6 Å². The standard InChI is InChI=1S/C16H15FN2O/c1-11-7-8-12(9-14(11)17)20-10-15-13-5-3-4-6-16(13)19(2)18-15/h3-9H,10H2,1-2H3. The summed E-state index contributed by atoms with van der Waals surface area (Å²) in [5.41, 5.74) is 2.52. The van der Waals surface area contributed by atoms with E-state index in [-0.39, 0.29) is 5.82 Å². The topological polar surface area (TPSA) is 27.1 Å². The molecule has 3 nitrogen and oxygen atoms in total. The molecule has 2 aromatic carbocycles. The van der Waals surface area contributed by atoms with E-state index in [4.69, 9.17) is 4.74 Å². The van der Waals surface area contributed by atoms with Gasteiger partial charge in [0.25, 0.3) is 0 Å². The molecule has 0 aliphatic rings. The summed E-state index contributed by atoms with van der Waals surface area (Å²) in [5, 5.41) is 5.50. The first-order valence-corrected chi connectivity index (χ1v) is 6.45. The van der Waals surface area contributed by atoms with Crippen LogP contribution in [0.4, 0.5) is 4.39 Å². The van der Waals surface area contributed by atoms with Crippen LogP contribution in [0.2, 0.25) is 0 Å². The van der Waals surface area contributed by atoms with E-state index in [2.05, 4.69) is 5.10 Å². The van der Waals surface area contributed by atoms with Crippen molar-refractivity contribution in [1.29, 1.82) is 0 Å². The molecule has 0 aliphatic heterocycles. The van der Waals surface area contributed by atoms with Crippen molar-refractivity contribution >= 4 is 10.9 Å². The van der Waals surface area contributed by atoms with E-state index in [0.717, 1.165) is 16.6 Å². The Balaban J connectivity index is 1.85. The maximum absolute atomic E-state index is 13.5. The first-order valence-electron chi connectivity index (χ1n) is 6.45. The molecule has 102 valence electrons. The number of para-hydroxylation sites is 1. The van der Waals surface area contributed by atoms with Gasteiger partial charge in [0.1, 0.15) is 23.9 Å². The van der Waals surface area contributed by atoms with Crippen molar-refractivity contribution in [2.45, 2.75) is 13.5 Å². The van der Waals surface area contributed by atoms with E-state index < -0.39 is 0 Å². The lowest BCUT2D eigenvalue weighted by molar-refractivity contribution is 0.299. The predicted octanol–water partition coefficient (Wildman–Crippen LogP) is 3.60. The summed E-state index contributed by atoms with van der Waals surface area (Å²) in [5.74, 6) is 0.260. The van der Waals surface area contributed by atoms with Crippen LogP contribution in [-0.2, 0) is 13.7 Å². The number of rotatable bonds is 3. The number of hydrogen-bond acceptors (Lipinski definition) is 2. The van der Waals surface area contributed by atoms with Crippen LogP contribution in [-0.4, -0.2) is 9.78 Å². The molecule has 0 saturated carbocycles. The number of hydrogen-bond donors (Lipinski definition) is 0. The maximum atomic E-state index is 13.5. The first-order chi connectivity index (χ1) is 9.65. The molecule has 0 spiro atoms. The Bertz CT molecular complexity index is 764. The van der Waals surface area contributed by atoms with E-state index in [9.17, 15) is 4.39 Å². The van der Waals surface area contributed by atoms with Gasteiger partial charge in [0.2, 0.25) is 0 Å². The van der Waals surface area contributed by atoms with Crippen LogP contribution in [0.5, 0.6) is 5.75 Å². The molecule has 1 heterocycles. The lowest BCUT2D eigenvalue weighted by Crippen LogP contribution is -1.99. The van der Waals surface area contributed by atoms with Crippen LogP contribution >= 0.6 is 0 Å². The maximum Gasteiger partial charge on any atom is 0.133 e. The molecule has 0 radical (unpaired) electrons. The monoisotopic (exact) mass is 270 g/mol. The highest BCUT2D eigenvalue weighted by Crippen LogP contribution is 2.21. The zero-order chi connectivity index (χ0) is 14.1. The molecule has 0 bridgehead atoms. The third-order valence-electron chi connectivity index (χ3n) is 3.35. The van der Waals surface area contributed by atoms with Crippen LogP contribution in [0, 0.1) is 12.7 Å². The molecule has 0 aliphatic carbocycles. The van der Waals surface area contributed by atoms with Gasteiger partial charge in [-0.25, -0.2) is 4.39 Å². The van der Waals surface area contributed by atoms with Crippen molar-refractivity contribution in [1.82, 2.24) is 9.78 Å². The Hall–Kier alpha value is -2.36. The van der Waals surface area contributed by atoms with Crippen LogP contribution < -0.4 is 4.74 Å². The number of benzene rings is 2. The number of fused-ring (bicyclic) bond motifs is 1. The van der Waals surface area contributed by atoms with Gasteiger partial charge in [-0.1, -0.05) is 24.3 Å². The largest absolute Gasteiger partial charge is 0.487 e. The zero-order valence-electron chi connectivity index (χ0n) is 11.4. The van der Waals surface area contributed by atoms with Gasteiger partial charge in [-0.3, -0.25) is 4.68 Å². The second-order valence-corrected chi connectivity index (χ2v) is 4.79. The average molecular weight is 270 g/mol. The highest BCUT2D eigenvalue weighted by molar-refractivity contribution is 5.81. The minimum atomic E-state index is -0.256. The molecular weight excluding hydrogens is 255 g/mol. The SMILES string of the molecule is Cc1ccc(OCc2nn(C)c3ccccc23)cc1F. The highest BCUT2D eigenvalue weighted by atomic mass is 19.1. The molecule has 20 heavy (non-hydrogen) atoms. The fourth-order valence-corrected chi connectivity index (χ4v) is 2.21. The van der Waals surface area contributed by atoms with E-state index in [0.29, 0.717) is 17.9 Å². The van der Waals surface area contributed by atoms with E-state index in [1.54, 1.807) is 19.1 Å². The predicted molar refractivity (Wildman–Crippen MR) is 76.2 cm³/mol. The summed E-state index contributed by atoms with van der Waals surface area (Å²) in [6, 6.07) is 12.8. The zero-order valence-corrected chi connectivity index (χ0v) is 11.4. The summed E-state index contributed by atoms with van der Waals surface area (Å²) in [7, 11) is 1.90. The van der Waals surface area contributed by atoms with E-state index in [1.165, 1.54) is 6.07 Å². The molecule has 4 heteroatoms. The number of aryl methyl sites for hydroxylation is 2. The summed E-state index contributed by atoms with van der Waals surface area (Å²) in [4.78, 5) is 0. The molecule has 0 saturated heterocycles. The van der Waals surface area contributed by atoms with Gasteiger partial charge in [0.05, 0.1) is 5.52 Å². The number of halogens is 1. The van der Waals surface area contributed by atoms with Crippen molar-refractivity contribution in [3.8, 4) is 5.75 Å². The molecular formula is C16H15FN2O. The summed E-state index contributed by atoms with van der Waals surface area (Å²) in [6.07, 6.45) is 0. The Morgan fingerprint density at radius 3 is 2.80 bits per heavy atom. The van der Waals surface area contributed by atoms with E-state index >= 15 is 0 Å². The minimum Gasteiger partial charge on any atom is -0.487 e. The van der Waals surface area contributed by atoms with Gasteiger partial charge in [0, 0.05) is 18.5 Å². The smallest absolute Gasteiger partial charge is 0.133 e. The average Bonchev–Trinajstić information content (AvgIpc) is 2.78. The van der Waals surface area contributed by atoms with Crippen molar-refractivity contribution in [3.05, 3.63) is 59.5 Å². The summed E-state index contributed by atoms with van der Waals surface area (Å²) >= 11 is 0. The number of nitrogens with zero attached hydrogens (tertiary/aromatic N) is 2. The molecule has 0 fully saturated rings. The van der Waals surface area contributed by atoms with Gasteiger partial charge < -0.3 is 4.74 Å². The summed E-state index contributed by atoms with van der Waals surface area (Å²) < 4.78 is 20.9. The highest BCUT2D eigenvalue weighted by Gasteiger charge is 2.08. The van der Waals surface area contributed by atoms with Crippen LogP contribution in [0.1, 0.15) is 11.3 Å². The fraction of sp³-hybridized carbons (Fsp3) is 0.188. The Kier molecular flexibility index (Phi) is 3.14. The van der Waals surface area contributed by atoms with Crippen molar-refractivity contribution < 1.29 is 9.13 Å². The molecule has 0 N–H and O–H groups in total. The molecule has 0 atom stereocenters. The number of ether oxygens (including phenoxy) is 1. The first kappa shape index (κ1) is 12.7. The third-order valence-corrected chi connectivity index (χ3v) is 3.35. The fourth-order valence-electron chi connectivity index (χ4n) is 2.21. The van der Waals surface area contributed by atoms with E-state index in [1.807, 2.05) is 36.0 Å². The van der Waals surface area contributed by atoms with Crippen LogP contribution in [0.3, 0.4) is 0 Å². The molecule has 0 unspecified atom stereocenters. The molecule has 1 aromatic heterocycles. The quantitative estimate of drug-likeness (QED) is 0.727. The van der Waals surface area contributed by atoms with Gasteiger partial charge in [0.15, 0.2) is 0 Å². The molecule has 3 rings (SSSR count). The number of aromatic nitrogens is 2. The van der Waals surface area contributed by atoms with Crippen LogP contribution in [0.25, 0.3) is 10.9 Å².